The van der Waals surface area contributed by atoms with E-state index in [1.165, 1.54) is 0 Å². The van der Waals surface area contributed by atoms with E-state index in [4.69, 9.17) is 4.74 Å². The molecule has 2 aromatic carbocycles. The molecule has 0 aliphatic carbocycles. The molecule has 0 spiro atoms. The largest absolute Gasteiger partial charge is 0.478 e. The number of hydrogen-bond acceptors (Lipinski definition) is 3. The molecule has 1 amide bonds. The summed E-state index contributed by atoms with van der Waals surface area (Å²) in [5, 5.41) is 0. The summed E-state index contributed by atoms with van der Waals surface area (Å²) in [6.07, 6.45) is -0.0788. The van der Waals surface area contributed by atoms with Crippen molar-refractivity contribution in [2.24, 2.45) is 5.92 Å². The van der Waals surface area contributed by atoms with Gasteiger partial charge in [0.1, 0.15) is 5.75 Å². The maximum atomic E-state index is 13.0. The molecule has 130 valence electrons. The summed E-state index contributed by atoms with van der Waals surface area (Å²) < 4.78 is 5.94. The Bertz CT molecular complexity index is 783. The van der Waals surface area contributed by atoms with Gasteiger partial charge in [-0.1, -0.05) is 51.1 Å². The van der Waals surface area contributed by atoms with Crippen molar-refractivity contribution in [2.75, 3.05) is 4.90 Å². The van der Waals surface area contributed by atoms with Gasteiger partial charge in [-0.05, 0) is 29.7 Å². The molecule has 0 N–H and O–H groups in total. The summed E-state index contributed by atoms with van der Waals surface area (Å²) in [6, 6.07) is 15.2. The van der Waals surface area contributed by atoms with Gasteiger partial charge in [-0.3, -0.25) is 9.59 Å². The van der Waals surface area contributed by atoms with Gasteiger partial charge in [-0.2, -0.15) is 0 Å². The van der Waals surface area contributed by atoms with Crippen LogP contribution in [0, 0.1) is 5.92 Å². The van der Waals surface area contributed by atoms with Crippen molar-refractivity contribution in [3.63, 3.8) is 0 Å². The van der Waals surface area contributed by atoms with Gasteiger partial charge >= 0.3 is 0 Å². The van der Waals surface area contributed by atoms with E-state index in [0.29, 0.717) is 30.0 Å². The van der Waals surface area contributed by atoms with Crippen molar-refractivity contribution >= 4 is 17.4 Å². The normalized spacial score (nSPS) is 16.6. The molecule has 0 bridgehead atoms. The van der Waals surface area contributed by atoms with Crippen LogP contribution < -0.4 is 9.64 Å². The van der Waals surface area contributed by atoms with Crippen molar-refractivity contribution in [1.29, 1.82) is 0 Å². The van der Waals surface area contributed by atoms with Crippen molar-refractivity contribution in [2.45, 2.75) is 39.8 Å². The predicted molar refractivity (Wildman–Crippen MR) is 97.9 cm³/mol. The number of ketones is 1. The van der Waals surface area contributed by atoms with Gasteiger partial charge in [0.25, 0.3) is 5.91 Å². The molecule has 1 aliphatic rings. The average Bonchev–Trinajstić information content (AvgIpc) is 2.63. The number of benzene rings is 2. The summed E-state index contributed by atoms with van der Waals surface area (Å²) in [7, 11) is 0. The Morgan fingerprint density at radius 3 is 2.52 bits per heavy atom. The molecule has 4 heteroatoms. The lowest BCUT2D eigenvalue weighted by atomic mass is 10.0. The van der Waals surface area contributed by atoms with Gasteiger partial charge in [-0.25, -0.2) is 0 Å². The second-order valence-electron chi connectivity index (χ2n) is 6.65. The molecule has 4 nitrogen and oxygen atoms in total. The summed E-state index contributed by atoms with van der Waals surface area (Å²) >= 11 is 0. The number of rotatable bonds is 5. The number of anilines is 1. The minimum Gasteiger partial charge on any atom is -0.478 e. The number of ether oxygens (including phenoxy) is 1. The third-order valence-corrected chi connectivity index (χ3v) is 4.45. The number of amides is 1. The Morgan fingerprint density at radius 1 is 1.16 bits per heavy atom. The third-order valence-electron chi connectivity index (χ3n) is 4.45. The fraction of sp³-hybridized carbons (Fsp3) is 0.333. The standard InChI is InChI=1S/C21H23NO3/c1-4-18(23)16-10-11-19-17(12-16)22(13-15-8-6-5-7-9-15)21(24)20(25-19)14(2)3/h5-12,14,20H,4,13H2,1-3H3. The highest BCUT2D eigenvalue weighted by molar-refractivity contribution is 6.03. The van der Waals surface area contributed by atoms with E-state index in [1.807, 2.05) is 51.1 Å². The fourth-order valence-electron chi connectivity index (χ4n) is 3.02. The van der Waals surface area contributed by atoms with E-state index in [0.717, 1.165) is 5.56 Å². The molecule has 0 radical (unpaired) electrons. The summed E-state index contributed by atoms with van der Waals surface area (Å²) in [5.41, 5.74) is 2.32. The highest BCUT2D eigenvalue weighted by Crippen LogP contribution is 2.37. The minimum absolute atomic E-state index is 0.0564. The first-order chi connectivity index (χ1) is 12.0. The van der Waals surface area contributed by atoms with Crippen LogP contribution in [0.1, 0.15) is 43.1 Å². The predicted octanol–water partition coefficient (Wildman–Crippen LogP) is 4.23. The average molecular weight is 337 g/mol. The molecule has 1 atom stereocenters. The van der Waals surface area contributed by atoms with Crippen molar-refractivity contribution in [1.82, 2.24) is 0 Å². The minimum atomic E-state index is -0.510. The van der Waals surface area contributed by atoms with Crippen LogP contribution in [0.25, 0.3) is 0 Å². The van der Waals surface area contributed by atoms with E-state index < -0.39 is 6.10 Å². The van der Waals surface area contributed by atoms with Gasteiger partial charge < -0.3 is 9.64 Å². The maximum Gasteiger partial charge on any atom is 0.268 e. The van der Waals surface area contributed by atoms with Gasteiger partial charge in [-0.15, -0.1) is 0 Å². The molecule has 0 aromatic heterocycles. The van der Waals surface area contributed by atoms with Crippen LogP contribution >= 0.6 is 0 Å². The number of carbonyl (C=O) groups is 2. The quantitative estimate of drug-likeness (QED) is 0.767. The Hall–Kier alpha value is -2.62. The highest BCUT2D eigenvalue weighted by atomic mass is 16.5. The number of fused-ring (bicyclic) bond motifs is 1. The van der Waals surface area contributed by atoms with Crippen molar-refractivity contribution < 1.29 is 14.3 Å². The smallest absolute Gasteiger partial charge is 0.268 e. The molecule has 1 unspecified atom stereocenters. The van der Waals surface area contributed by atoms with Gasteiger partial charge in [0.15, 0.2) is 11.9 Å². The molecule has 1 heterocycles. The van der Waals surface area contributed by atoms with E-state index in [9.17, 15) is 9.59 Å². The third kappa shape index (κ3) is 3.43. The zero-order valence-electron chi connectivity index (χ0n) is 14.9. The molecule has 0 saturated heterocycles. The monoisotopic (exact) mass is 337 g/mol. The van der Waals surface area contributed by atoms with Crippen LogP contribution in [0.3, 0.4) is 0 Å². The first-order valence-electron chi connectivity index (χ1n) is 8.70. The van der Waals surface area contributed by atoms with Crippen molar-refractivity contribution in [3.05, 3.63) is 59.7 Å². The molecular weight excluding hydrogens is 314 g/mol. The topological polar surface area (TPSA) is 46.6 Å². The Labute approximate surface area is 148 Å². The van der Waals surface area contributed by atoms with Crippen LogP contribution in [0.15, 0.2) is 48.5 Å². The lowest BCUT2D eigenvalue weighted by Gasteiger charge is -2.36. The molecule has 3 rings (SSSR count). The van der Waals surface area contributed by atoms with Gasteiger partial charge in [0.05, 0.1) is 12.2 Å². The number of hydrogen-bond donors (Lipinski definition) is 0. The van der Waals surface area contributed by atoms with Crippen LogP contribution in [0.5, 0.6) is 5.75 Å². The molecule has 1 aliphatic heterocycles. The Morgan fingerprint density at radius 2 is 1.88 bits per heavy atom. The lowest BCUT2D eigenvalue weighted by Crippen LogP contribution is -2.48. The summed E-state index contributed by atoms with van der Waals surface area (Å²) in [4.78, 5) is 26.8. The molecule has 0 fully saturated rings. The molecule has 25 heavy (non-hydrogen) atoms. The Kier molecular flexibility index (Phi) is 4.88. The second kappa shape index (κ2) is 7.09. The van der Waals surface area contributed by atoms with Crippen LogP contribution in [-0.4, -0.2) is 17.8 Å². The Balaban J connectivity index is 2.04. The molecule has 0 saturated carbocycles. The second-order valence-corrected chi connectivity index (χ2v) is 6.65. The van der Waals surface area contributed by atoms with Crippen LogP contribution in [0.2, 0.25) is 0 Å². The van der Waals surface area contributed by atoms with Gasteiger partial charge in [0, 0.05) is 12.0 Å². The number of Topliss-reactive ketones (excluding diaryl/α,β-unsaturated/α-hetero) is 1. The molecular formula is C21H23NO3. The molecule has 2 aromatic rings. The van der Waals surface area contributed by atoms with E-state index in [2.05, 4.69) is 0 Å². The first kappa shape index (κ1) is 17.2. The zero-order valence-corrected chi connectivity index (χ0v) is 14.9. The summed E-state index contributed by atoms with van der Waals surface area (Å²) in [5.74, 6) is 0.714. The maximum absolute atomic E-state index is 13.0. The number of carbonyl (C=O) groups excluding carboxylic acids is 2. The summed E-state index contributed by atoms with van der Waals surface area (Å²) in [6.45, 7) is 6.25. The van der Waals surface area contributed by atoms with E-state index >= 15 is 0 Å². The SMILES string of the molecule is CCC(=O)c1ccc2c(c1)N(Cc1ccccc1)C(=O)C(C(C)C)O2. The lowest BCUT2D eigenvalue weighted by molar-refractivity contribution is -0.128. The fourth-order valence-corrected chi connectivity index (χ4v) is 3.02. The van der Waals surface area contributed by atoms with Gasteiger partial charge in [0.2, 0.25) is 0 Å². The highest BCUT2D eigenvalue weighted by Gasteiger charge is 2.36. The van der Waals surface area contributed by atoms with Crippen LogP contribution in [-0.2, 0) is 11.3 Å². The van der Waals surface area contributed by atoms with Crippen molar-refractivity contribution in [3.8, 4) is 5.75 Å². The number of nitrogens with zero attached hydrogens (tertiary/aromatic N) is 1. The van der Waals surface area contributed by atoms with E-state index in [1.54, 1.807) is 23.1 Å². The van der Waals surface area contributed by atoms with E-state index in [-0.39, 0.29) is 17.6 Å². The van der Waals surface area contributed by atoms with Crippen LogP contribution in [0.4, 0.5) is 5.69 Å². The first-order valence-corrected chi connectivity index (χ1v) is 8.70. The zero-order chi connectivity index (χ0) is 18.0.